The first kappa shape index (κ1) is 18.0. The Kier molecular flexibility index (Phi) is 4.29. The lowest BCUT2D eigenvalue weighted by molar-refractivity contribution is -0.394. The number of allylic oxidation sites excluding steroid dienone is 1. The minimum atomic E-state index is -0.790. The molecule has 8 nitrogen and oxygen atoms in total. The van der Waals surface area contributed by atoms with Crippen molar-refractivity contribution in [3.8, 4) is 0 Å². The normalized spacial score (nSPS) is 25.7. The van der Waals surface area contributed by atoms with Gasteiger partial charge < -0.3 is 4.74 Å². The van der Waals surface area contributed by atoms with E-state index in [1.807, 2.05) is 6.92 Å². The van der Waals surface area contributed by atoms with Crippen LogP contribution in [0.15, 0.2) is 29.8 Å². The molecule has 0 N–H and O–H groups in total. The van der Waals surface area contributed by atoms with E-state index in [-0.39, 0.29) is 23.5 Å². The van der Waals surface area contributed by atoms with Crippen LogP contribution in [0.5, 0.6) is 0 Å². The summed E-state index contributed by atoms with van der Waals surface area (Å²) >= 11 is 0. The molecule has 0 aromatic heterocycles. The smallest absolute Gasteiger partial charge is 0.338 e. The maximum Gasteiger partial charge on any atom is 0.338 e. The minimum absolute atomic E-state index is 0.107. The summed E-state index contributed by atoms with van der Waals surface area (Å²) in [7, 11) is 0. The van der Waals surface area contributed by atoms with Gasteiger partial charge in [-0.3, -0.25) is 20.2 Å². The van der Waals surface area contributed by atoms with Crippen LogP contribution in [0.3, 0.4) is 0 Å². The maximum atomic E-state index is 12.3. The number of ether oxygens (including phenoxy) is 1. The molecular weight excluding hydrogens is 340 g/mol. The molecule has 0 aliphatic heterocycles. The fourth-order valence-electron chi connectivity index (χ4n) is 3.86. The Hall–Kier alpha value is -2.77. The molecule has 26 heavy (non-hydrogen) atoms. The molecular formula is C18H20N2O6. The summed E-state index contributed by atoms with van der Waals surface area (Å²) in [6.45, 7) is 6.63. The van der Waals surface area contributed by atoms with Crippen LogP contribution in [0, 0.1) is 43.4 Å². The summed E-state index contributed by atoms with van der Waals surface area (Å²) in [5.74, 6) is 0.472. The van der Waals surface area contributed by atoms with Crippen molar-refractivity contribution in [1.29, 1.82) is 0 Å². The third kappa shape index (κ3) is 3.18. The molecule has 0 amide bonds. The van der Waals surface area contributed by atoms with E-state index in [0.717, 1.165) is 24.6 Å². The summed E-state index contributed by atoms with van der Waals surface area (Å²) in [6.07, 6.45) is 3.17. The van der Waals surface area contributed by atoms with E-state index in [2.05, 4.69) is 19.9 Å². The molecule has 0 spiro atoms. The lowest BCUT2D eigenvalue weighted by Gasteiger charge is -2.21. The van der Waals surface area contributed by atoms with Crippen LogP contribution < -0.4 is 0 Å². The first-order chi connectivity index (χ1) is 12.1. The highest BCUT2D eigenvalue weighted by molar-refractivity contribution is 5.91. The summed E-state index contributed by atoms with van der Waals surface area (Å²) in [5, 5.41) is 21.8. The average Bonchev–Trinajstić information content (AvgIpc) is 3.11. The summed E-state index contributed by atoms with van der Waals surface area (Å²) in [4.78, 5) is 32.6. The topological polar surface area (TPSA) is 113 Å². The van der Waals surface area contributed by atoms with E-state index in [1.165, 1.54) is 5.57 Å². The maximum absolute atomic E-state index is 12.3. The van der Waals surface area contributed by atoms with Crippen molar-refractivity contribution in [2.24, 2.45) is 23.2 Å². The van der Waals surface area contributed by atoms with E-state index in [1.54, 1.807) is 0 Å². The Bertz CT molecular complexity index is 797. The monoisotopic (exact) mass is 360 g/mol. The van der Waals surface area contributed by atoms with Crippen LogP contribution >= 0.6 is 0 Å². The van der Waals surface area contributed by atoms with E-state index >= 15 is 0 Å². The van der Waals surface area contributed by atoms with Gasteiger partial charge in [0.2, 0.25) is 0 Å². The van der Waals surface area contributed by atoms with Crippen LogP contribution in [0.2, 0.25) is 0 Å². The zero-order chi connectivity index (χ0) is 19.2. The van der Waals surface area contributed by atoms with Gasteiger partial charge in [0, 0.05) is 18.1 Å². The van der Waals surface area contributed by atoms with E-state index in [0.29, 0.717) is 11.8 Å². The van der Waals surface area contributed by atoms with E-state index in [4.69, 9.17) is 4.74 Å². The molecule has 1 saturated carbocycles. The Labute approximate surface area is 150 Å². The number of nitrogens with zero attached hydrogens (tertiary/aromatic N) is 2. The molecule has 3 atom stereocenters. The number of hydrogen-bond donors (Lipinski definition) is 0. The zero-order valence-electron chi connectivity index (χ0n) is 14.8. The largest absolute Gasteiger partial charge is 0.461 e. The second-order valence-electron chi connectivity index (χ2n) is 7.65. The van der Waals surface area contributed by atoms with Crippen LogP contribution in [0.4, 0.5) is 11.4 Å². The van der Waals surface area contributed by atoms with E-state index < -0.39 is 27.2 Å². The summed E-state index contributed by atoms with van der Waals surface area (Å²) in [5.41, 5.74) is 0.244. The average molecular weight is 360 g/mol. The second kappa shape index (κ2) is 6.19. The van der Waals surface area contributed by atoms with Crippen LogP contribution in [0.1, 0.15) is 37.6 Å². The zero-order valence-corrected chi connectivity index (χ0v) is 14.8. The third-order valence-corrected chi connectivity index (χ3v) is 5.74. The molecule has 0 saturated heterocycles. The van der Waals surface area contributed by atoms with Gasteiger partial charge in [-0.2, -0.15) is 0 Å². The molecule has 2 aliphatic carbocycles. The number of fused-ring (bicyclic) bond motifs is 1. The summed E-state index contributed by atoms with van der Waals surface area (Å²) < 4.78 is 5.32. The Morgan fingerprint density at radius 1 is 1.19 bits per heavy atom. The Morgan fingerprint density at radius 3 is 2.31 bits per heavy atom. The molecule has 2 aliphatic rings. The molecule has 1 fully saturated rings. The fourth-order valence-corrected chi connectivity index (χ4v) is 3.86. The molecule has 138 valence electrons. The van der Waals surface area contributed by atoms with Gasteiger partial charge in [0.1, 0.15) is 0 Å². The number of nitro benzene ring substituents is 2. The van der Waals surface area contributed by atoms with E-state index in [9.17, 15) is 25.0 Å². The minimum Gasteiger partial charge on any atom is -0.461 e. The lowest BCUT2D eigenvalue weighted by atomic mass is 9.89. The van der Waals surface area contributed by atoms with Gasteiger partial charge in [-0.25, -0.2) is 4.79 Å². The number of non-ortho nitro benzene ring substituents is 2. The number of esters is 1. The number of nitro groups is 2. The summed E-state index contributed by atoms with van der Waals surface area (Å²) in [6, 6.07) is 2.82. The van der Waals surface area contributed by atoms with Crippen molar-refractivity contribution in [2.75, 3.05) is 6.61 Å². The fraction of sp³-hybridized carbons (Fsp3) is 0.500. The highest BCUT2D eigenvalue weighted by Gasteiger charge is 2.58. The predicted octanol–water partition coefficient (Wildman–Crippen LogP) is 3.90. The van der Waals surface area contributed by atoms with Crippen molar-refractivity contribution < 1.29 is 19.4 Å². The van der Waals surface area contributed by atoms with Gasteiger partial charge >= 0.3 is 5.97 Å². The first-order valence-corrected chi connectivity index (χ1v) is 8.40. The Morgan fingerprint density at radius 2 is 1.77 bits per heavy atom. The lowest BCUT2D eigenvalue weighted by Crippen LogP contribution is -2.18. The molecule has 2 unspecified atom stereocenters. The van der Waals surface area contributed by atoms with Crippen molar-refractivity contribution in [1.82, 2.24) is 0 Å². The number of carbonyl (C=O) groups excluding carboxylic acids is 1. The van der Waals surface area contributed by atoms with Gasteiger partial charge in [-0.15, -0.1) is 0 Å². The first-order valence-electron chi connectivity index (χ1n) is 8.40. The number of hydrogen-bond acceptors (Lipinski definition) is 6. The van der Waals surface area contributed by atoms with Gasteiger partial charge in [-0.1, -0.05) is 25.5 Å². The second-order valence-corrected chi connectivity index (χ2v) is 7.65. The molecule has 0 bridgehead atoms. The molecule has 3 rings (SSSR count). The highest BCUT2D eigenvalue weighted by atomic mass is 16.6. The van der Waals surface area contributed by atoms with Crippen molar-refractivity contribution >= 4 is 17.3 Å². The molecule has 0 radical (unpaired) electrons. The molecule has 8 heteroatoms. The molecule has 1 aromatic carbocycles. The standard InChI is InChI=1S/C18H20N2O6/c1-10-4-15-16(18(15,2)3)7-12(10)9-26-17(21)11-5-13(19(22)23)8-14(6-11)20(24)25/h4-6,8,12,15-16H,7,9H2,1-3H3/t12-,15?,16?/m0/s1. The predicted molar refractivity (Wildman–Crippen MR) is 92.7 cm³/mol. The Balaban J connectivity index is 1.71. The van der Waals surface area contributed by atoms with Gasteiger partial charge in [0.05, 0.1) is 28.1 Å². The van der Waals surface area contributed by atoms with Crippen LogP contribution in [0.25, 0.3) is 0 Å². The number of rotatable bonds is 5. The van der Waals surface area contributed by atoms with Crippen LogP contribution in [-0.2, 0) is 4.74 Å². The van der Waals surface area contributed by atoms with Crippen molar-refractivity contribution in [2.45, 2.75) is 27.2 Å². The van der Waals surface area contributed by atoms with Gasteiger partial charge in [0.25, 0.3) is 11.4 Å². The quantitative estimate of drug-likeness (QED) is 0.341. The van der Waals surface area contributed by atoms with Crippen molar-refractivity contribution in [3.05, 3.63) is 55.6 Å². The van der Waals surface area contributed by atoms with Crippen molar-refractivity contribution in [3.63, 3.8) is 0 Å². The third-order valence-electron chi connectivity index (χ3n) is 5.74. The number of carbonyl (C=O) groups is 1. The molecule has 1 aromatic rings. The van der Waals surface area contributed by atoms with Gasteiger partial charge in [0.15, 0.2) is 0 Å². The van der Waals surface area contributed by atoms with Gasteiger partial charge in [-0.05, 0) is 30.6 Å². The number of benzene rings is 1. The highest BCUT2D eigenvalue weighted by Crippen LogP contribution is 2.64. The SMILES string of the molecule is CC1=CC2C(C[C@H]1COC(=O)c1cc([N+](=O)[O-])cc([N+](=O)[O-])c1)C2(C)C. The van der Waals surface area contributed by atoms with Crippen LogP contribution in [-0.4, -0.2) is 22.4 Å². The molecule has 0 heterocycles.